The molecule has 4 heteroatoms. The number of carbonyl (C=O) groups is 1. The molecular formula is C14H27N3O. The Labute approximate surface area is 110 Å². The third-order valence-electron chi connectivity index (χ3n) is 4.79. The summed E-state index contributed by atoms with van der Waals surface area (Å²) in [6, 6.07) is 0.309. The molecule has 2 aliphatic rings. The quantitative estimate of drug-likeness (QED) is 0.804. The van der Waals surface area contributed by atoms with Crippen LogP contribution in [0.1, 0.15) is 46.0 Å². The summed E-state index contributed by atoms with van der Waals surface area (Å²) in [5.41, 5.74) is 5.83. The van der Waals surface area contributed by atoms with Crippen molar-refractivity contribution in [2.75, 3.05) is 20.1 Å². The van der Waals surface area contributed by atoms with E-state index in [4.69, 9.17) is 5.73 Å². The van der Waals surface area contributed by atoms with Gasteiger partial charge in [0.05, 0.1) is 0 Å². The van der Waals surface area contributed by atoms with Crippen LogP contribution < -0.4 is 5.73 Å². The van der Waals surface area contributed by atoms with E-state index in [0.717, 1.165) is 6.54 Å². The average Bonchev–Trinajstić information content (AvgIpc) is 2.36. The highest BCUT2D eigenvalue weighted by Gasteiger charge is 2.44. The van der Waals surface area contributed by atoms with Gasteiger partial charge in [0, 0.05) is 24.7 Å². The highest BCUT2D eigenvalue weighted by Crippen LogP contribution is 2.30. The molecule has 0 aromatic rings. The van der Waals surface area contributed by atoms with Crippen LogP contribution in [-0.2, 0) is 4.79 Å². The van der Waals surface area contributed by atoms with E-state index in [9.17, 15) is 4.79 Å². The summed E-state index contributed by atoms with van der Waals surface area (Å²) in [6.45, 7) is 5.67. The average molecular weight is 253 g/mol. The summed E-state index contributed by atoms with van der Waals surface area (Å²) in [7, 11) is 2.02. The minimum absolute atomic E-state index is 0.0232. The lowest BCUT2D eigenvalue weighted by Gasteiger charge is -2.52. The topological polar surface area (TPSA) is 49.6 Å². The number of hydrogen-bond donors (Lipinski definition) is 1. The van der Waals surface area contributed by atoms with Gasteiger partial charge in [-0.05, 0) is 33.7 Å². The van der Waals surface area contributed by atoms with Gasteiger partial charge in [0.15, 0.2) is 0 Å². The molecule has 0 aromatic carbocycles. The van der Waals surface area contributed by atoms with E-state index in [2.05, 4.69) is 23.6 Å². The number of piperazine rings is 1. The van der Waals surface area contributed by atoms with Crippen LogP contribution in [0.25, 0.3) is 0 Å². The molecule has 1 saturated carbocycles. The van der Waals surface area contributed by atoms with Crippen LogP contribution in [0.2, 0.25) is 0 Å². The van der Waals surface area contributed by atoms with Crippen molar-refractivity contribution in [2.24, 2.45) is 5.73 Å². The molecular weight excluding hydrogens is 226 g/mol. The predicted octanol–water partition coefficient (Wildman–Crippen LogP) is 1.20. The van der Waals surface area contributed by atoms with Gasteiger partial charge in [-0.2, -0.15) is 0 Å². The van der Waals surface area contributed by atoms with Crippen LogP contribution in [0.15, 0.2) is 0 Å². The number of likely N-dealkylation sites (N-methyl/N-ethyl adjacent to an activating group) is 1. The number of nitrogens with zero attached hydrogens (tertiary/aromatic N) is 2. The molecule has 1 amide bonds. The Morgan fingerprint density at radius 2 is 1.89 bits per heavy atom. The van der Waals surface area contributed by atoms with Crippen molar-refractivity contribution in [3.05, 3.63) is 0 Å². The summed E-state index contributed by atoms with van der Waals surface area (Å²) in [5, 5.41) is 0. The van der Waals surface area contributed by atoms with E-state index in [1.165, 1.54) is 32.1 Å². The van der Waals surface area contributed by atoms with Gasteiger partial charge in [-0.1, -0.05) is 19.3 Å². The van der Waals surface area contributed by atoms with Gasteiger partial charge in [-0.25, -0.2) is 0 Å². The number of rotatable bonds is 2. The number of amides is 1. The minimum Gasteiger partial charge on any atom is -0.336 e. The molecule has 2 rings (SSSR count). The lowest BCUT2D eigenvalue weighted by Crippen LogP contribution is -2.68. The zero-order valence-corrected chi connectivity index (χ0v) is 12.0. The standard InChI is InChI=1S/C14H27N3O/c1-14(2)10-17(11-7-5-4-6-8-11)13(18)12(9-15)16(14)3/h11-12H,4-10,15H2,1-3H3. The largest absolute Gasteiger partial charge is 0.336 e. The van der Waals surface area contributed by atoms with E-state index >= 15 is 0 Å². The molecule has 2 N–H and O–H groups in total. The van der Waals surface area contributed by atoms with Crippen LogP contribution in [0, 0.1) is 0 Å². The van der Waals surface area contributed by atoms with E-state index in [0.29, 0.717) is 12.6 Å². The molecule has 1 aliphatic heterocycles. The first-order chi connectivity index (χ1) is 8.47. The smallest absolute Gasteiger partial charge is 0.241 e. The molecule has 0 bridgehead atoms. The molecule has 1 aliphatic carbocycles. The third kappa shape index (κ3) is 2.41. The van der Waals surface area contributed by atoms with Gasteiger partial charge in [-0.15, -0.1) is 0 Å². The van der Waals surface area contributed by atoms with Crippen LogP contribution in [0.5, 0.6) is 0 Å². The van der Waals surface area contributed by atoms with Crippen molar-refractivity contribution in [3.63, 3.8) is 0 Å². The fourth-order valence-electron chi connectivity index (χ4n) is 3.35. The van der Waals surface area contributed by atoms with Gasteiger partial charge in [-0.3, -0.25) is 9.69 Å². The van der Waals surface area contributed by atoms with Crippen molar-refractivity contribution in [2.45, 2.75) is 63.6 Å². The van der Waals surface area contributed by atoms with Crippen LogP contribution in [0.3, 0.4) is 0 Å². The lowest BCUT2D eigenvalue weighted by atomic mass is 9.89. The summed E-state index contributed by atoms with van der Waals surface area (Å²) in [4.78, 5) is 16.8. The maximum atomic E-state index is 12.6. The third-order valence-corrected chi connectivity index (χ3v) is 4.79. The molecule has 1 atom stereocenters. The van der Waals surface area contributed by atoms with Crippen molar-refractivity contribution in [3.8, 4) is 0 Å². The summed E-state index contributed by atoms with van der Waals surface area (Å²) < 4.78 is 0. The molecule has 2 fully saturated rings. The van der Waals surface area contributed by atoms with Crippen molar-refractivity contribution in [1.29, 1.82) is 0 Å². The Morgan fingerprint density at radius 1 is 1.28 bits per heavy atom. The monoisotopic (exact) mass is 253 g/mol. The fourth-order valence-corrected chi connectivity index (χ4v) is 3.35. The highest BCUT2D eigenvalue weighted by molar-refractivity contribution is 5.83. The van der Waals surface area contributed by atoms with Crippen LogP contribution in [-0.4, -0.2) is 53.5 Å². The zero-order chi connectivity index (χ0) is 13.3. The van der Waals surface area contributed by atoms with Crippen molar-refractivity contribution < 1.29 is 4.79 Å². The molecule has 1 unspecified atom stereocenters. The molecule has 104 valence electrons. The maximum Gasteiger partial charge on any atom is 0.241 e. The molecule has 4 nitrogen and oxygen atoms in total. The Bertz CT molecular complexity index is 310. The normalized spacial score (nSPS) is 30.8. The summed E-state index contributed by atoms with van der Waals surface area (Å²) >= 11 is 0. The minimum atomic E-state index is -0.143. The van der Waals surface area contributed by atoms with Gasteiger partial charge in [0.2, 0.25) is 5.91 Å². The Morgan fingerprint density at radius 3 is 2.44 bits per heavy atom. The second-order valence-corrected chi connectivity index (χ2v) is 6.43. The predicted molar refractivity (Wildman–Crippen MR) is 73.3 cm³/mol. The van der Waals surface area contributed by atoms with Crippen LogP contribution >= 0.6 is 0 Å². The maximum absolute atomic E-state index is 12.6. The zero-order valence-electron chi connectivity index (χ0n) is 12.0. The fraction of sp³-hybridized carbons (Fsp3) is 0.929. The second-order valence-electron chi connectivity index (χ2n) is 6.43. The first-order valence-electron chi connectivity index (χ1n) is 7.21. The lowest BCUT2D eigenvalue weighted by molar-refractivity contribution is -0.151. The summed E-state index contributed by atoms with van der Waals surface area (Å²) in [5.74, 6) is 0.242. The Kier molecular flexibility index (Phi) is 3.97. The van der Waals surface area contributed by atoms with E-state index in [1.54, 1.807) is 0 Å². The van der Waals surface area contributed by atoms with E-state index in [1.807, 2.05) is 7.05 Å². The van der Waals surface area contributed by atoms with Gasteiger partial charge in [0.1, 0.15) is 6.04 Å². The van der Waals surface area contributed by atoms with Gasteiger partial charge in [0.25, 0.3) is 0 Å². The number of nitrogens with two attached hydrogens (primary N) is 1. The highest BCUT2D eigenvalue weighted by atomic mass is 16.2. The SMILES string of the molecule is CN1C(CN)C(=O)N(C2CCCCC2)CC1(C)C. The molecule has 18 heavy (non-hydrogen) atoms. The van der Waals surface area contributed by atoms with Crippen LogP contribution in [0.4, 0.5) is 0 Å². The molecule has 0 spiro atoms. The second kappa shape index (κ2) is 5.17. The van der Waals surface area contributed by atoms with Crippen molar-refractivity contribution in [1.82, 2.24) is 9.80 Å². The Hall–Kier alpha value is -0.610. The van der Waals surface area contributed by atoms with E-state index < -0.39 is 0 Å². The van der Waals surface area contributed by atoms with E-state index in [-0.39, 0.29) is 17.5 Å². The number of carbonyl (C=O) groups excluding carboxylic acids is 1. The first-order valence-corrected chi connectivity index (χ1v) is 7.21. The molecule has 1 saturated heterocycles. The Balaban J connectivity index is 2.17. The number of hydrogen-bond acceptors (Lipinski definition) is 3. The molecule has 1 heterocycles. The summed E-state index contributed by atoms with van der Waals surface area (Å²) in [6.07, 6.45) is 6.18. The first kappa shape index (κ1) is 13.8. The van der Waals surface area contributed by atoms with Crippen molar-refractivity contribution >= 4 is 5.91 Å². The van der Waals surface area contributed by atoms with Gasteiger partial charge >= 0.3 is 0 Å². The van der Waals surface area contributed by atoms with Gasteiger partial charge < -0.3 is 10.6 Å². The molecule has 0 aromatic heterocycles. The molecule has 0 radical (unpaired) electrons.